The number of primary amides is 1. The molecule has 9 heteroatoms. The standard InChI is InChI=1S/C24H24FN7O/c1-14-20(32-10-4-8-18(21(26)33)24(32)29-14)23-30-19-13-27-9-3-7-17(19)22(31-23)28-12-15-5-2-6-16(25)11-15/h2-6,8-11,13,22-23,28,30-31H,7,12H2,1H3,(H2,26,33). The number of benzene rings is 1. The zero-order valence-electron chi connectivity index (χ0n) is 18.0. The Bertz CT molecular complexity index is 1320. The van der Waals surface area contributed by atoms with Crippen LogP contribution in [0, 0.1) is 12.7 Å². The number of nitrogens with zero attached hydrogens (tertiary/aromatic N) is 3. The second-order valence-electron chi connectivity index (χ2n) is 8.06. The van der Waals surface area contributed by atoms with E-state index in [1.165, 1.54) is 12.1 Å². The van der Waals surface area contributed by atoms with E-state index in [9.17, 15) is 9.18 Å². The Hall–Kier alpha value is -3.82. The van der Waals surface area contributed by atoms with Crippen LogP contribution in [0.2, 0.25) is 0 Å². The fraction of sp³-hybridized carbons (Fsp3) is 0.208. The molecule has 168 valence electrons. The van der Waals surface area contributed by atoms with Gasteiger partial charge in [0.25, 0.3) is 5.91 Å². The normalized spacial score (nSPS) is 19.9. The number of rotatable bonds is 5. The predicted molar refractivity (Wildman–Crippen MR) is 124 cm³/mol. The Labute approximate surface area is 190 Å². The van der Waals surface area contributed by atoms with Crippen molar-refractivity contribution in [3.63, 3.8) is 0 Å². The molecule has 0 saturated heterocycles. The van der Waals surface area contributed by atoms with Crippen molar-refractivity contribution < 1.29 is 9.18 Å². The summed E-state index contributed by atoms with van der Waals surface area (Å²) in [6.45, 7) is 2.38. The third-order valence-corrected chi connectivity index (χ3v) is 5.87. The molecule has 33 heavy (non-hydrogen) atoms. The number of amides is 1. The number of hydrogen-bond donors (Lipinski definition) is 4. The van der Waals surface area contributed by atoms with Crippen LogP contribution in [-0.4, -0.2) is 27.7 Å². The summed E-state index contributed by atoms with van der Waals surface area (Å²) in [5, 5.41) is 10.6. The van der Waals surface area contributed by atoms with E-state index in [2.05, 4.69) is 25.9 Å². The van der Waals surface area contributed by atoms with Gasteiger partial charge in [-0.1, -0.05) is 18.2 Å². The minimum atomic E-state index is -0.525. The Morgan fingerprint density at radius 2 is 2.21 bits per heavy atom. The van der Waals surface area contributed by atoms with E-state index < -0.39 is 5.91 Å². The predicted octanol–water partition coefficient (Wildman–Crippen LogP) is 2.43. The lowest BCUT2D eigenvalue weighted by molar-refractivity contribution is 0.100. The molecule has 8 nitrogen and oxygen atoms in total. The first-order chi connectivity index (χ1) is 16.0. The lowest BCUT2D eigenvalue weighted by Gasteiger charge is -2.36. The molecule has 4 heterocycles. The number of halogens is 1. The van der Waals surface area contributed by atoms with Gasteiger partial charge in [-0.15, -0.1) is 0 Å². The maximum absolute atomic E-state index is 13.7. The first kappa shape index (κ1) is 21.0. The zero-order chi connectivity index (χ0) is 22.9. The van der Waals surface area contributed by atoms with Gasteiger partial charge in [0.15, 0.2) is 0 Å². The van der Waals surface area contributed by atoms with Crippen LogP contribution in [0.1, 0.15) is 39.9 Å². The average Bonchev–Trinajstić information content (AvgIpc) is 2.96. The fourth-order valence-corrected chi connectivity index (χ4v) is 4.35. The van der Waals surface area contributed by atoms with Crippen molar-refractivity contribution in [1.29, 1.82) is 0 Å². The number of hydrogen-bond acceptors (Lipinski definition) is 6. The number of aryl methyl sites for hydroxylation is 1. The van der Waals surface area contributed by atoms with E-state index in [-0.39, 0.29) is 18.1 Å². The first-order valence-corrected chi connectivity index (χ1v) is 10.7. The second-order valence-corrected chi connectivity index (χ2v) is 8.06. The highest BCUT2D eigenvalue weighted by Gasteiger charge is 2.31. The van der Waals surface area contributed by atoms with Crippen LogP contribution in [0.5, 0.6) is 0 Å². The second kappa shape index (κ2) is 8.61. The molecule has 2 aromatic heterocycles. The van der Waals surface area contributed by atoms with Crippen LogP contribution >= 0.6 is 0 Å². The smallest absolute Gasteiger partial charge is 0.252 e. The van der Waals surface area contributed by atoms with E-state index in [1.807, 2.05) is 29.7 Å². The van der Waals surface area contributed by atoms with Crippen molar-refractivity contribution in [3.05, 3.63) is 94.5 Å². The molecule has 0 radical (unpaired) electrons. The molecule has 5 N–H and O–H groups in total. The summed E-state index contributed by atoms with van der Waals surface area (Å²) in [6.07, 6.45) is 7.62. The highest BCUT2D eigenvalue weighted by Crippen LogP contribution is 2.27. The third-order valence-electron chi connectivity index (χ3n) is 5.87. The van der Waals surface area contributed by atoms with Crippen LogP contribution in [0.3, 0.4) is 0 Å². The number of carbonyl (C=O) groups excluding carboxylic acids is 1. The summed E-state index contributed by atoms with van der Waals surface area (Å²) >= 11 is 0. The molecule has 3 aromatic rings. The summed E-state index contributed by atoms with van der Waals surface area (Å²) in [5.41, 5.74) is 10.9. The monoisotopic (exact) mass is 445 g/mol. The van der Waals surface area contributed by atoms with Crippen LogP contribution in [0.4, 0.5) is 4.39 Å². The van der Waals surface area contributed by atoms with E-state index in [1.54, 1.807) is 30.6 Å². The summed E-state index contributed by atoms with van der Waals surface area (Å²) in [6, 6.07) is 10.00. The fourth-order valence-electron chi connectivity index (χ4n) is 4.35. The number of imidazole rings is 1. The maximum atomic E-state index is 13.7. The number of carbonyl (C=O) groups is 1. The van der Waals surface area contributed by atoms with Crippen LogP contribution in [0.25, 0.3) is 5.65 Å². The van der Waals surface area contributed by atoms with Crippen molar-refractivity contribution >= 4 is 17.8 Å². The number of nitrogens with two attached hydrogens (primary N) is 1. The Kier molecular flexibility index (Phi) is 5.49. The van der Waals surface area contributed by atoms with Gasteiger partial charge in [-0.25, -0.2) is 9.37 Å². The van der Waals surface area contributed by atoms with Gasteiger partial charge in [0.05, 0.1) is 35.0 Å². The van der Waals surface area contributed by atoms with Gasteiger partial charge in [0.1, 0.15) is 17.6 Å². The van der Waals surface area contributed by atoms with E-state index >= 15 is 0 Å². The van der Waals surface area contributed by atoms with Gasteiger partial charge in [0, 0.05) is 18.9 Å². The van der Waals surface area contributed by atoms with Crippen molar-refractivity contribution in [2.75, 3.05) is 0 Å². The zero-order valence-corrected chi connectivity index (χ0v) is 18.0. The molecule has 2 atom stereocenters. The van der Waals surface area contributed by atoms with Crippen molar-refractivity contribution in [2.45, 2.75) is 32.2 Å². The molecule has 5 rings (SSSR count). The lowest BCUT2D eigenvalue weighted by Crippen LogP contribution is -2.54. The summed E-state index contributed by atoms with van der Waals surface area (Å²) in [7, 11) is 0. The van der Waals surface area contributed by atoms with Crippen LogP contribution < -0.4 is 21.7 Å². The minimum absolute atomic E-state index is 0.201. The molecule has 0 fully saturated rings. The van der Waals surface area contributed by atoms with E-state index in [0.29, 0.717) is 24.2 Å². The quantitative estimate of drug-likeness (QED) is 0.482. The van der Waals surface area contributed by atoms with Crippen molar-refractivity contribution in [3.8, 4) is 0 Å². The Morgan fingerprint density at radius 3 is 3.03 bits per heavy atom. The van der Waals surface area contributed by atoms with Gasteiger partial charge in [0.2, 0.25) is 0 Å². The van der Waals surface area contributed by atoms with Gasteiger partial charge < -0.3 is 11.1 Å². The molecule has 2 aliphatic rings. The SMILES string of the molecule is Cc1nc2c(C(N)=O)cccn2c1C1NC2=C(CC=CN=C2)C(NCc2cccc(F)c2)N1. The number of aromatic nitrogens is 2. The molecule has 2 unspecified atom stereocenters. The van der Waals surface area contributed by atoms with Crippen molar-refractivity contribution in [2.24, 2.45) is 10.7 Å². The molecule has 0 spiro atoms. The number of fused-ring (bicyclic) bond motifs is 1. The van der Waals surface area contributed by atoms with E-state index in [4.69, 9.17) is 5.73 Å². The van der Waals surface area contributed by atoms with Crippen molar-refractivity contribution in [1.82, 2.24) is 25.3 Å². The van der Waals surface area contributed by atoms with E-state index in [0.717, 1.165) is 28.2 Å². The largest absolute Gasteiger partial charge is 0.365 e. The van der Waals surface area contributed by atoms with Gasteiger partial charge in [-0.2, -0.15) is 0 Å². The molecule has 0 bridgehead atoms. The summed E-state index contributed by atoms with van der Waals surface area (Å²) in [4.78, 5) is 20.9. The maximum Gasteiger partial charge on any atom is 0.252 e. The molecule has 2 aliphatic heterocycles. The lowest BCUT2D eigenvalue weighted by atomic mass is 10.0. The summed E-state index contributed by atoms with van der Waals surface area (Å²) < 4.78 is 15.5. The van der Waals surface area contributed by atoms with Gasteiger partial charge in [-0.05, 0) is 48.7 Å². The number of pyridine rings is 1. The minimum Gasteiger partial charge on any atom is -0.365 e. The Morgan fingerprint density at radius 1 is 1.33 bits per heavy atom. The molecular formula is C24H24FN7O. The number of allylic oxidation sites excluding steroid dienone is 2. The van der Waals surface area contributed by atoms with Crippen LogP contribution in [0.15, 0.2) is 71.1 Å². The highest BCUT2D eigenvalue weighted by molar-refractivity contribution is 5.98. The molecular weight excluding hydrogens is 421 g/mol. The van der Waals surface area contributed by atoms with Gasteiger partial charge in [-0.3, -0.25) is 24.8 Å². The highest BCUT2D eigenvalue weighted by atomic mass is 19.1. The topological polar surface area (TPSA) is 109 Å². The molecule has 0 saturated carbocycles. The molecule has 1 aromatic carbocycles. The number of aliphatic imine (C=N–C) groups is 1. The number of nitrogens with one attached hydrogen (secondary N) is 3. The van der Waals surface area contributed by atoms with Gasteiger partial charge >= 0.3 is 0 Å². The molecule has 0 aliphatic carbocycles. The first-order valence-electron chi connectivity index (χ1n) is 10.7. The third kappa shape index (κ3) is 4.04. The Balaban J connectivity index is 1.51. The van der Waals surface area contributed by atoms with Crippen LogP contribution in [-0.2, 0) is 6.54 Å². The molecule has 1 amide bonds. The summed E-state index contributed by atoms with van der Waals surface area (Å²) in [5.74, 6) is -0.787. The average molecular weight is 446 g/mol.